The Labute approximate surface area is 166 Å². The van der Waals surface area contributed by atoms with Crippen LogP contribution in [0, 0.1) is 23.4 Å². The van der Waals surface area contributed by atoms with Crippen molar-refractivity contribution in [1.82, 2.24) is 9.88 Å². The van der Waals surface area contributed by atoms with Crippen molar-refractivity contribution in [1.29, 1.82) is 0 Å². The van der Waals surface area contributed by atoms with Crippen LogP contribution >= 0.6 is 0 Å². The smallest absolute Gasteiger partial charge is 0.290 e. The number of anilines is 1. The molecule has 156 valence electrons. The van der Waals surface area contributed by atoms with Crippen LogP contribution in [0.2, 0.25) is 0 Å². The first kappa shape index (κ1) is 21.1. The summed E-state index contributed by atoms with van der Waals surface area (Å²) < 4.78 is 47.6. The van der Waals surface area contributed by atoms with Crippen molar-refractivity contribution in [3.8, 4) is 0 Å². The largest absolute Gasteiger partial charge is 0.483 e. The fourth-order valence-electron chi connectivity index (χ4n) is 3.83. The first-order chi connectivity index (χ1) is 14.0. The number of rotatable bonds is 3. The molecule has 0 radical (unpaired) electrons. The molecule has 4 rings (SSSR count). The van der Waals surface area contributed by atoms with Crippen molar-refractivity contribution in [3.63, 3.8) is 0 Å². The molecular weight excluding hydrogens is 387 g/mol. The molecule has 9 heteroatoms. The summed E-state index contributed by atoms with van der Waals surface area (Å²) in [6.07, 6.45) is 2.79. The molecular formula is C20H22F3N3O3. The fraction of sp³-hybridized carbons (Fsp3) is 0.400. The summed E-state index contributed by atoms with van der Waals surface area (Å²) in [7, 11) is 0. The average Bonchev–Trinajstić information content (AvgIpc) is 2.96. The molecule has 1 aromatic heterocycles. The van der Waals surface area contributed by atoms with Crippen molar-refractivity contribution in [2.45, 2.75) is 12.6 Å². The molecule has 3 heterocycles. The monoisotopic (exact) mass is 409 g/mol. The van der Waals surface area contributed by atoms with Gasteiger partial charge in [0.25, 0.3) is 6.47 Å². The molecule has 2 saturated heterocycles. The van der Waals surface area contributed by atoms with Crippen LogP contribution in [-0.2, 0) is 16.1 Å². The third-order valence-electron chi connectivity index (χ3n) is 5.08. The van der Waals surface area contributed by atoms with Crippen LogP contribution in [0.3, 0.4) is 0 Å². The minimum absolute atomic E-state index is 0.0299. The van der Waals surface area contributed by atoms with Gasteiger partial charge in [-0.2, -0.15) is 0 Å². The Kier molecular flexibility index (Phi) is 7.05. The van der Waals surface area contributed by atoms with Gasteiger partial charge in [0.1, 0.15) is 0 Å². The summed E-state index contributed by atoms with van der Waals surface area (Å²) in [5.41, 5.74) is 0.856. The lowest BCUT2D eigenvalue weighted by molar-refractivity contribution is -0.122. The number of carbonyl (C=O) groups is 1. The quantitative estimate of drug-likeness (QED) is 0.786. The molecule has 0 aliphatic carbocycles. The molecule has 0 saturated carbocycles. The van der Waals surface area contributed by atoms with E-state index in [1.807, 2.05) is 4.90 Å². The standard InChI is InChI=1S/C19H20F3N3O.CH2O2/c20-16-3-1-2-14(19(16)22)9-24-7-13-8-25(10-15(24)12-26-11-13)18-4-5-23-6-17(18)21;2-1-3/h1-6,13,15H,7-12H2;1H,(H,2,3)/t13-,15+;/m1./s1. The van der Waals surface area contributed by atoms with Gasteiger partial charge in [0.15, 0.2) is 17.5 Å². The van der Waals surface area contributed by atoms with Gasteiger partial charge in [0, 0.05) is 43.9 Å². The zero-order valence-corrected chi connectivity index (χ0v) is 15.7. The van der Waals surface area contributed by atoms with Gasteiger partial charge in [-0.15, -0.1) is 0 Å². The van der Waals surface area contributed by atoms with Crippen LogP contribution in [0.5, 0.6) is 0 Å². The molecule has 2 aliphatic heterocycles. The molecule has 0 amide bonds. The van der Waals surface area contributed by atoms with E-state index in [4.69, 9.17) is 14.6 Å². The van der Waals surface area contributed by atoms with E-state index in [0.717, 1.165) is 6.07 Å². The van der Waals surface area contributed by atoms with E-state index in [1.165, 1.54) is 12.3 Å². The normalized spacial score (nSPS) is 21.7. The van der Waals surface area contributed by atoms with Gasteiger partial charge >= 0.3 is 0 Å². The number of halogens is 3. The third-order valence-corrected chi connectivity index (χ3v) is 5.08. The molecule has 2 aliphatic rings. The van der Waals surface area contributed by atoms with Gasteiger partial charge in [0.2, 0.25) is 0 Å². The first-order valence-electron chi connectivity index (χ1n) is 9.20. The number of aromatic nitrogens is 1. The summed E-state index contributed by atoms with van der Waals surface area (Å²) in [4.78, 5) is 16.3. The van der Waals surface area contributed by atoms with Gasteiger partial charge in [-0.25, -0.2) is 13.2 Å². The lowest BCUT2D eigenvalue weighted by Gasteiger charge is -2.32. The zero-order valence-electron chi connectivity index (χ0n) is 15.7. The molecule has 1 N–H and O–H groups in total. The molecule has 0 spiro atoms. The molecule has 2 aromatic rings. The van der Waals surface area contributed by atoms with Crippen molar-refractivity contribution in [2.75, 3.05) is 37.7 Å². The van der Waals surface area contributed by atoms with Crippen LogP contribution < -0.4 is 4.90 Å². The minimum atomic E-state index is -0.836. The Morgan fingerprint density at radius 3 is 2.69 bits per heavy atom. The molecule has 6 nitrogen and oxygen atoms in total. The Morgan fingerprint density at radius 2 is 1.93 bits per heavy atom. The maximum absolute atomic E-state index is 14.2. The van der Waals surface area contributed by atoms with Crippen LogP contribution in [0.25, 0.3) is 0 Å². The maximum Gasteiger partial charge on any atom is 0.290 e. The molecule has 29 heavy (non-hydrogen) atoms. The Balaban J connectivity index is 0.000000755. The van der Waals surface area contributed by atoms with Crippen LogP contribution in [0.1, 0.15) is 5.56 Å². The second kappa shape index (κ2) is 9.71. The number of hydrogen-bond donors (Lipinski definition) is 1. The van der Waals surface area contributed by atoms with Crippen molar-refractivity contribution >= 4 is 12.2 Å². The van der Waals surface area contributed by atoms with E-state index >= 15 is 0 Å². The van der Waals surface area contributed by atoms with E-state index in [9.17, 15) is 13.2 Å². The first-order valence-corrected chi connectivity index (χ1v) is 9.20. The number of ether oxygens (including phenoxy) is 1. The predicted octanol–water partition coefficient (Wildman–Crippen LogP) is 2.54. The number of hydrogen-bond acceptors (Lipinski definition) is 5. The number of benzene rings is 1. The highest BCUT2D eigenvalue weighted by atomic mass is 19.2. The van der Waals surface area contributed by atoms with E-state index in [1.54, 1.807) is 18.3 Å². The second-order valence-electron chi connectivity index (χ2n) is 7.04. The number of nitrogens with zero attached hydrogens (tertiary/aromatic N) is 3. The SMILES string of the molecule is Fc1cnccc1N1C[C@@H]2COC[C@H](C1)N(Cc1cccc(F)c1F)C2.O=CO. The summed E-state index contributed by atoms with van der Waals surface area (Å²) in [5, 5.41) is 6.89. The van der Waals surface area contributed by atoms with E-state index in [2.05, 4.69) is 9.88 Å². The van der Waals surface area contributed by atoms with Gasteiger partial charge < -0.3 is 14.7 Å². The lowest BCUT2D eigenvalue weighted by atomic mass is 10.1. The number of carboxylic acid groups (broad SMARTS) is 1. The van der Waals surface area contributed by atoms with E-state index in [0.29, 0.717) is 50.6 Å². The van der Waals surface area contributed by atoms with Crippen LogP contribution in [-0.4, -0.2) is 60.4 Å². The average molecular weight is 409 g/mol. The van der Waals surface area contributed by atoms with Gasteiger partial charge in [-0.05, 0) is 12.1 Å². The highest BCUT2D eigenvalue weighted by Gasteiger charge is 2.34. The number of fused-ring (bicyclic) bond motifs is 3. The Bertz CT molecular complexity index is 840. The summed E-state index contributed by atoms with van der Waals surface area (Å²) in [6, 6.07) is 5.89. The summed E-state index contributed by atoms with van der Waals surface area (Å²) >= 11 is 0. The Morgan fingerprint density at radius 1 is 1.14 bits per heavy atom. The molecule has 2 atom stereocenters. The van der Waals surface area contributed by atoms with E-state index < -0.39 is 11.6 Å². The van der Waals surface area contributed by atoms with Gasteiger partial charge in [-0.3, -0.25) is 14.7 Å². The minimum Gasteiger partial charge on any atom is -0.483 e. The van der Waals surface area contributed by atoms with Crippen molar-refractivity contribution in [3.05, 3.63) is 59.7 Å². The van der Waals surface area contributed by atoms with Gasteiger partial charge in [0.05, 0.1) is 31.1 Å². The van der Waals surface area contributed by atoms with Crippen molar-refractivity contribution < 1.29 is 27.8 Å². The third kappa shape index (κ3) is 5.04. The fourth-order valence-corrected chi connectivity index (χ4v) is 3.83. The predicted molar refractivity (Wildman–Crippen MR) is 100.0 cm³/mol. The molecule has 1 aromatic carbocycles. The highest BCUT2D eigenvalue weighted by Crippen LogP contribution is 2.27. The molecule has 0 unspecified atom stereocenters. The summed E-state index contributed by atoms with van der Waals surface area (Å²) in [5.74, 6) is -1.83. The maximum atomic E-state index is 14.2. The Hall–Kier alpha value is -2.65. The van der Waals surface area contributed by atoms with E-state index in [-0.39, 0.29) is 24.2 Å². The van der Waals surface area contributed by atoms with Crippen LogP contribution in [0.4, 0.5) is 18.9 Å². The zero-order chi connectivity index (χ0) is 20.8. The second-order valence-corrected chi connectivity index (χ2v) is 7.04. The van der Waals surface area contributed by atoms with Crippen LogP contribution in [0.15, 0.2) is 36.7 Å². The lowest BCUT2D eigenvalue weighted by Crippen LogP contribution is -2.44. The molecule has 2 bridgehead atoms. The van der Waals surface area contributed by atoms with Gasteiger partial charge in [-0.1, -0.05) is 12.1 Å². The topological polar surface area (TPSA) is 65.9 Å². The highest BCUT2D eigenvalue weighted by molar-refractivity contribution is 5.47. The van der Waals surface area contributed by atoms with Crippen molar-refractivity contribution in [2.24, 2.45) is 5.92 Å². The number of pyridine rings is 1. The molecule has 2 fully saturated rings. The summed E-state index contributed by atoms with van der Waals surface area (Å²) in [6.45, 7) is 3.02.